The molecule has 0 aromatic rings. The van der Waals surface area contributed by atoms with Gasteiger partial charge in [-0.3, -0.25) is 4.79 Å². The standard InChI is InChI=1S/C14H28N2O/c1-13(2,3)9-5-6-12(17)16-14(4,10-15)11-7-8-11/h11H,5-10,15H2,1-4H3,(H,16,17). The highest BCUT2D eigenvalue weighted by Gasteiger charge is 2.41. The van der Waals surface area contributed by atoms with E-state index in [4.69, 9.17) is 5.73 Å². The largest absolute Gasteiger partial charge is 0.349 e. The number of hydrogen-bond donors (Lipinski definition) is 2. The maximum absolute atomic E-state index is 11.9. The van der Waals surface area contributed by atoms with E-state index in [2.05, 4.69) is 33.0 Å². The molecule has 17 heavy (non-hydrogen) atoms. The summed E-state index contributed by atoms with van der Waals surface area (Å²) in [6.45, 7) is 9.24. The van der Waals surface area contributed by atoms with Gasteiger partial charge in [0.15, 0.2) is 0 Å². The van der Waals surface area contributed by atoms with Crippen molar-refractivity contribution in [1.29, 1.82) is 0 Å². The van der Waals surface area contributed by atoms with Crippen molar-refractivity contribution in [2.75, 3.05) is 6.54 Å². The van der Waals surface area contributed by atoms with Crippen molar-refractivity contribution in [2.45, 2.75) is 65.3 Å². The van der Waals surface area contributed by atoms with E-state index in [1.165, 1.54) is 12.8 Å². The van der Waals surface area contributed by atoms with Crippen molar-refractivity contribution < 1.29 is 4.79 Å². The van der Waals surface area contributed by atoms with Crippen molar-refractivity contribution in [3.63, 3.8) is 0 Å². The minimum absolute atomic E-state index is 0.161. The van der Waals surface area contributed by atoms with Crippen LogP contribution in [0.2, 0.25) is 0 Å². The minimum atomic E-state index is -0.168. The molecular weight excluding hydrogens is 212 g/mol. The van der Waals surface area contributed by atoms with Gasteiger partial charge in [-0.25, -0.2) is 0 Å². The highest BCUT2D eigenvalue weighted by molar-refractivity contribution is 5.76. The van der Waals surface area contributed by atoms with E-state index >= 15 is 0 Å². The van der Waals surface area contributed by atoms with Gasteiger partial charge in [0.05, 0.1) is 5.54 Å². The summed E-state index contributed by atoms with van der Waals surface area (Å²) in [5, 5.41) is 3.13. The highest BCUT2D eigenvalue weighted by atomic mass is 16.1. The van der Waals surface area contributed by atoms with Gasteiger partial charge in [0.2, 0.25) is 5.91 Å². The monoisotopic (exact) mass is 240 g/mol. The maximum atomic E-state index is 11.9. The van der Waals surface area contributed by atoms with Crippen LogP contribution in [0, 0.1) is 11.3 Å². The van der Waals surface area contributed by atoms with Gasteiger partial charge in [-0.1, -0.05) is 20.8 Å². The van der Waals surface area contributed by atoms with Crippen LogP contribution in [0.25, 0.3) is 0 Å². The molecule has 1 aliphatic carbocycles. The molecule has 1 amide bonds. The van der Waals surface area contributed by atoms with Crippen LogP contribution < -0.4 is 11.1 Å². The van der Waals surface area contributed by atoms with Crippen molar-refractivity contribution >= 4 is 5.91 Å². The average molecular weight is 240 g/mol. The van der Waals surface area contributed by atoms with E-state index < -0.39 is 0 Å². The third-order valence-corrected chi connectivity index (χ3v) is 3.66. The second-order valence-electron chi connectivity index (χ2n) is 6.86. The quantitative estimate of drug-likeness (QED) is 0.749. The van der Waals surface area contributed by atoms with Crippen molar-refractivity contribution in [3.05, 3.63) is 0 Å². The van der Waals surface area contributed by atoms with Crippen LogP contribution in [0.5, 0.6) is 0 Å². The highest BCUT2D eigenvalue weighted by Crippen LogP contribution is 2.39. The molecule has 1 saturated carbocycles. The smallest absolute Gasteiger partial charge is 0.220 e. The summed E-state index contributed by atoms with van der Waals surface area (Å²) >= 11 is 0. The summed E-state index contributed by atoms with van der Waals surface area (Å²) in [6.07, 6.45) is 5.08. The molecule has 3 N–H and O–H groups in total. The molecule has 0 aromatic heterocycles. The molecular formula is C14H28N2O. The summed E-state index contributed by atoms with van der Waals surface area (Å²) in [4.78, 5) is 11.9. The molecule has 1 fully saturated rings. The van der Waals surface area contributed by atoms with Gasteiger partial charge < -0.3 is 11.1 Å². The maximum Gasteiger partial charge on any atom is 0.220 e. The Morgan fingerprint density at radius 3 is 2.29 bits per heavy atom. The van der Waals surface area contributed by atoms with Gasteiger partial charge in [-0.05, 0) is 43.9 Å². The third-order valence-electron chi connectivity index (χ3n) is 3.66. The van der Waals surface area contributed by atoms with Crippen LogP contribution >= 0.6 is 0 Å². The third kappa shape index (κ3) is 5.07. The Hall–Kier alpha value is -0.570. The van der Waals surface area contributed by atoms with E-state index in [9.17, 15) is 4.79 Å². The molecule has 0 aliphatic heterocycles. The Labute approximate surface area is 106 Å². The van der Waals surface area contributed by atoms with Gasteiger partial charge in [0.25, 0.3) is 0 Å². The Bertz CT molecular complexity index is 266. The predicted octanol–water partition coefficient (Wildman–Crippen LogP) is 2.45. The van der Waals surface area contributed by atoms with Gasteiger partial charge in [0.1, 0.15) is 0 Å². The molecule has 3 nitrogen and oxygen atoms in total. The van der Waals surface area contributed by atoms with Crippen LogP contribution in [0.3, 0.4) is 0 Å². The Morgan fingerprint density at radius 1 is 1.29 bits per heavy atom. The zero-order valence-corrected chi connectivity index (χ0v) is 11.8. The molecule has 0 saturated heterocycles. The number of carbonyl (C=O) groups excluding carboxylic acids is 1. The van der Waals surface area contributed by atoms with Gasteiger partial charge in [0, 0.05) is 13.0 Å². The molecule has 1 rings (SSSR count). The Morgan fingerprint density at radius 2 is 1.88 bits per heavy atom. The fourth-order valence-electron chi connectivity index (χ4n) is 2.20. The zero-order valence-electron chi connectivity index (χ0n) is 11.8. The molecule has 1 atom stereocenters. The minimum Gasteiger partial charge on any atom is -0.349 e. The first kappa shape index (κ1) is 14.5. The fraction of sp³-hybridized carbons (Fsp3) is 0.929. The number of hydrogen-bond acceptors (Lipinski definition) is 2. The van der Waals surface area contributed by atoms with E-state index in [-0.39, 0.29) is 11.4 Å². The van der Waals surface area contributed by atoms with Crippen molar-refractivity contribution in [2.24, 2.45) is 17.1 Å². The van der Waals surface area contributed by atoms with Crippen molar-refractivity contribution in [3.8, 4) is 0 Å². The Balaban J connectivity index is 2.28. The van der Waals surface area contributed by atoms with Gasteiger partial charge in [-0.2, -0.15) is 0 Å². The first-order valence-electron chi connectivity index (χ1n) is 6.78. The molecule has 1 aliphatic rings. The second kappa shape index (κ2) is 5.38. The van der Waals surface area contributed by atoms with E-state index in [1.807, 2.05) is 0 Å². The normalized spacial score (nSPS) is 19.8. The van der Waals surface area contributed by atoms with Crippen molar-refractivity contribution in [1.82, 2.24) is 5.32 Å². The summed E-state index contributed by atoms with van der Waals surface area (Å²) < 4.78 is 0. The van der Waals surface area contributed by atoms with E-state index in [0.29, 0.717) is 24.3 Å². The molecule has 1 unspecified atom stereocenters. The van der Waals surface area contributed by atoms with Gasteiger partial charge in [-0.15, -0.1) is 0 Å². The lowest BCUT2D eigenvalue weighted by Crippen LogP contribution is -2.53. The molecule has 0 bridgehead atoms. The summed E-state index contributed by atoms with van der Waals surface area (Å²) in [6, 6.07) is 0. The van der Waals surface area contributed by atoms with Crippen LogP contribution in [0.15, 0.2) is 0 Å². The summed E-state index contributed by atoms with van der Waals surface area (Å²) in [5.74, 6) is 0.758. The molecule has 0 heterocycles. The first-order valence-corrected chi connectivity index (χ1v) is 6.78. The fourth-order valence-corrected chi connectivity index (χ4v) is 2.20. The SMILES string of the molecule is CC(C)(C)CCCC(=O)NC(C)(CN)C1CC1. The van der Waals surface area contributed by atoms with Crippen LogP contribution in [0.4, 0.5) is 0 Å². The lowest BCUT2D eigenvalue weighted by molar-refractivity contribution is -0.123. The molecule has 0 radical (unpaired) electrons. The number of amides is 1. The van der Waals surface area contributed by atoms with Crippen LogP contribution in [-0.2, 0) is 4.79 Å². The lowest BCUT2D eigenvalue weighted by Gasteiger charge is -2.29. The summed E-state index contributed by atoms with van der Waals surface area (Å²) in [5.41, 5.74) is 5.93. The number of rotatable bonds is 6. The van der Waals surface area contributed by atoms with Crippen LogP contribution in [-0.4, -0.2) is 18.0 Å². The van der Waals surface area contributed by atoms with E-state index in [0.717, 1.165) is 12.8 Å². The molecule has 0 aromatic carbocycles. The van der Waals surface area contributed by atoms with Crippen LogP contribution in [0.1, 0.15) is 59.8 Å². The predicted molar refractivity (Wildman–Crippen MR) is 71.6 cm³/mol. The molecule has 3 heteroatoms. The number of nitrogens with one attached hydrogen (secondary N) is 1. The summed E-state index contributed by atoms with van der Waals surface area (Å²) in [7, 11) is 0. The topological polar surface area (TPSA) is 55.1 Å². The lowest BCUT2D eigenvalue weighted by atomic mass is 9.89. The number of carbonyl (C=O) groups is 1. The zero-order chi connectivity index (χ0) is 13.1. The average Bonchev–Trinajstić information content (AvgIpc) is 2.98. The Kier molecular flexibility index (Phi) is 4.59. The van der Waals surface area contributed by atoms with Gasteiger partial charge >= 0.3 is 0 Å². The molecule has 0 spiro atoms. The molecule has 100 valence electrons. The van der Waals surface area contributed by atoms with E-state index in [1.54, 1.807) is 0 Å². The first-order chi connectivity index (χ1) is 7.77. The second-order valence-corrected chi connectivity index (χ2v) is 6.86. The number of nitrogens with two attached hydrogens (primary N) is 1.